The molecule has 2 aromatic heterocycles. The Hall–Kier alpha value is -1.40. The van der Waals surface area contributed by atoms with Gasteiger partial charge in [-0.05, 0) is 37.1 Å². The van der Waals surface area contributed by atoms with E-state index < -0.39 is 0 Å². The number of thiophene rings is 1. The zero-order valence-electron chi connectivity index (χ0n) is 10.4. The van der Waals surface area contributed by atoms with Crippen molar-refractivity contribution < 1.29 is 0 Å². The Labute approximate surface area is 110 Å². The molecular formula is C12H17N5S. The highest BCUT2D eigenvalue weighted by Gasteiger charge is 2.35. The van der Waals surface area contributed by atoms with Crippen molar-refractivity contribution in [3.63, 3.8) is 0 Å². The maximum absolute atomic E-state index is 5.42. The molecule has 0 saturated heterocycles. The summed E-state index contributed by atoms with van der Waals surface area (Å²) >= 11 is 1.60. The Bertz CT molecular complexity index is 555. The van der Waals surface area contributed by atoms with E-state index >= 15 is 0 Å². The van der Waals surface area contributed by atoms with Crippen LogP contribution >= 0.6 is 11.3 Å². The molecule has 0 amide bonds. The van der Waals surface area contributed by atoms with Crippen LogP contribution in [0.1, 0.15) is 32.6 Å². The Kier molecular flexibility index (Phi) is 2.83. The third kappa shape index (κ3) is 1.81. The number of anilines is 2. The summed E-state index contributed by atoms with van der Waals surface area (Å²) in [5.41, 5.74) is 2.75. The quantitative estimate of drug-likeness (QED) is 0.584. The molecule has 0 bridgehead atoms. The van der Waals surface area contributed by atoms with Crippen LogP contribution in [0, 0.1) is 0 Å². The van der Waals surface area contributed by atoms with Gasteiger partial charge in [-0.3, -0.25) is 5.43 Å². The van der Waals surface area contributed by atoms with E-state index in [1.165, 1.54) is 19.3 Å². The number of nitrogens with zero attached hydrogens (tertiary/aromatic N) is 2. The molecule has 3 rings (SSSR count). The lowest BCUT2D eigenvalue weighted by Gasteiger charge is -2.42. The van der Waals surface area contributed by atoms with Gasteiger partial charge in [0.05, 0.1) is 5.39 Å². The molecule has 1 saturated carbocycles. The lowest BCUT2D eigenvalue weighted by Crippen LogP contribution is -2.44. The van der Waals surface area contributed by atoms with E-state index in [2.05, 4.69) is 33.7 Å². The van der Waals surface area contributed by atoms with Crippen LogP contribution in [0.2, 0.25) is 0 Å². The van der Waals surface area contributed by atoms with Crippen molar-refractivity contribution >= 4 is 33.3 Å². The van der Waals surface area contributed by atoms with Crippen LogP contribution in [0.4, 0.5) is 11.8 Å². The van der Waals surface area contributed by atoms with Crippen LogP contribution in [-0.4, -0.2) is 15.5 Å². The number of hydrogen-bond donors (Lipinski definition) is 3. The minimum Gasteiger partial charge on any atom is -0.364 e. The summed E-state index contributed by atoms with van der Waals surface area (Å²) in [6, 6.07) is 2.06. The van der Waals surface area contributed by atoms with E-state index in [0.29, 0.717) is 5.95 Å². The minimum atomic E-state index is 0.217. The highest BCUT2D eigenvalue weighted by molar-refractivity contribution is 7.16. The summed E-state index contributed by atoms with van der Waals surface area (Å²) in [5.74, 6) is 6.79. The predicted octanol–water partition coefficient (Wildman–Crippen LogP) is 2.72. The fourth-order valence-electron chi connectivity index (χ4n) is 2.44. The Morgan fingerprint density at radius 3 is 2.89 bits per heavy atom. The minimum absolute atomic E-state index is 0.217. The van der Waals surface area contributed by atoms with E-state index in [1.54, 1.807) is 11.3 Å². The van der Waals surface area contributed by atoms with Gasteiger partial charge in [-0.2, -0.15) is 4.98 Å². The fraction of sp³-hybridized carbons (Fsp3) is 0.500. The number of nitrogens with two attached hydrogens (primary N) is 1. The molecule has 6 heteroatoms. The second-order valence-corrected chi connectivity index (χ2v) is 5.69. The lowest BCUT2D eigenvalue weighted by atomic mass is 9.75. The second kappa shape index (κ2) is 4.37. The van der Waals surface area contributed by atoms with Gasteiger partial charge in [0, 0.05) is 5.54 Å². The zero-order chi connectivity index (χ0) is 12.6. The van der Waals surface area contributed by atoms with Crippen molar-refractivity contribution in [2.75, 3.05) is 10.7 Å². The molecule has 1 aliphatic rings. The average Bonchev–Trinajstić information content (AvgIpc) is 2.81. The van der Waals surface area contributed by atoms with Crippen LogP contribution < -0.4 is 16.6 Å². The lowest BCUT2D eigenvalue weighted by molar-refractivity contribution is 0.269. The summed E-state index contributed by atoms with van der Waals surface area (Å²) in [7, 11) is 0. The van der Waals surface area contributed by atoms with Crippen molar-refractivity contribution in [2.24, 2.45) is 5.84 Å². The third-order valence-corrected chi connectivity index (χ3v) is 4.63. The molecule has 96 valence electrons. The summed E-state index contributed by atoms with van der Waals surface area (Å²) in [6.45, 7) is 2.22. The number of nitrogens with one attached hydrogen (secondary N) is 2. The SMILES string of the molecule is CCC1(Nc2nc(NN)nc3sccc23)CCC1. The number of hydrogen-bond acceptors (Lipinski definition) is 6. The van der Waals surface area contributed by atoms with E-state index in [0.717, 1.165) is 22.5 Å². The largest absolute Gasteiger partial charge is 0.364 e. The van der Waals surface area contributed by atoms with E-state index in [-0.39, 0.29) is 5.54 Å². The molecule has 18 heavy (non-hydrogen) atoms. The van der Waals surface area contributed by atoms with Gasteiger partial charge in [0.15, 0.2) is 0 Å². The van der Waals surface area contributed by atoms with Gasteiger partial charge in [-0.25, -0.2) is 10.8 Å². The standard InChI is InChI=1S/C12H17N5S/c1-2-12(5-3-6-12)16-9-8-4-7-18-10(8)15-11(14-9)17-13/h4,7H,2-3,5-6,13H2,1H3,(H2,14,15,16,17). The Morgan fingerprint density at radius 1 is 1.44 bits per heavy atom. The summed E-state index contributed by atoms with van der Waals surface area (Å²) in [4.78, 5) is 9.76. The molecule has 0 aliphatic heterocycles. The molecule has 0 spiro atoms. The smallest absolute Gasteiger partial charge is 0.240 e. The number of aromatic nitrogens is 2. The number of hydrazine groups is 1. The van der Waals surface area contributed by atoms with E-state index in [1.807, 2.05) is 5.38 Å². The number of fused-ring (bicyclic) bond motifs is 1. The topological polar surface area (TPSA) is 75.9 Å². The first kappa shape index (κ1) is 11.7. The zero-order valence-corrected chi connectivity index (χ0v) is 11.2. The van der Waals surface area contributed by atoms with Crippen molar-refractivity contribution in [2.45, 2.75) is 38.1 Å². The van der Waals surface area contributed by atoms with E-state index in [9.17, 15) is 0 Å². The first-order valence-corrected chi connectivity index (χ1v) is 7.14. The molecule has 0 aromatic carbocycles. The maximum atomic E-state index is 5.42. The van der Waals surface area contributed by atoms with Crippen LogP contribution in [-0.2, 0) is 0 Å². The second-order valence-electron chi connectivity index (χ2n) is 4.79. The van der Waals surface area contributed by atoms with Crippen molar-refractivity contribution in [3.05, 3.63) is 11.4 Å². The van der Waals surface area contributed by atoms with Crippen LogP contribution in [0.25, 0.3) is 10.2 Å². The molecule has 1 aliphatic carbocycles. The fourth-order valence-corrected chi connectivity index (χ4v) is 3.20. The molecule has 2 aromatic rings. The van der Waals surface area contributed by atoms with Gasteiger partial charge in [0.25, 0.3) is 0 Å². The van der Waals surface area contributed by atoms with E-state index in [4.69, 9.17) is 5.84 Å². The Balaban J connectivity index is 2.01. The van der Waals surface area contributed by atoms with Gasteiger partial charge in [-0.1, -0.05) is 6.92 Å². The molecule has 4 N–H and O–H groups in total. The van der Waals surface area contributed by atoms with Gasteiger partial charge >= 0.3 is 0 Å². The molecule has 0 radical (unpaired) electrons. The molecule has 1 fully saturated rings. The van der Waals surface area contributed by atoms with Crippen molar-refractivity contribution in [1.29, 1.82) is 0 Å². The monoisotopic (exact) mass is 263 g/mol. The molecule has 0 atom stereocenters. The Morgan fingerprint density at radius 2 is 2.28 bits per heavy atom. The third-order valence-electron chi connectivity index (χ3n) is 3.83. The summed E-state index contributed by atoms with van der Waals surface area (Å²) < 4.78 is 0. The first-order valence-electron chi connectivity index (χ1n) is 6.26. The van der Waals surface area contributed by atoms with Gasteiger partial charge in [0.1, 0.15) is 10.6 Å². The van der Waals surface area contributed by atoms with Gasteiger partial charge < -0.3 is 5.32 Å². The van der Waals surface area contributed by atoms with Crippen LogP contribution in [0.15, 0.2) is 11.4 Å². The normalized spacial score (nSPS) is 17.4. The predicted molar refractivity (Wildman–Crippen MR) is 75.7 cm³/mol. The van der Waals surface area contributed by atoms with Crippen molar-refractivity contribution in [3.8, 4) is 0 Å². The van der Waals surface area contributed by atoms with Crippen LogP contribution in [0.3, 0.4) is 0 Å². The molecule has 5 nitrogen and oxygen atoms in total. The molecule has 2 heterocycles. The number of rotatable bonds is 4. The highest BCUT2D eigenvalue weighted by Crippen LogP contribution is 2.39. The van der Waals surface area contributed by atoms with Gasteiger partial charge in [-0.15, -0.1) is 11.3 Å². The summed E-state index contributed by atoms with van der Waals surface area (Å²) in [5, 5.41) is 6.72. The summed E-state index contributed by atoms with van der Waals surface area (Å²) in [6.07, 6.45) is 4.84. The highest BCUT2D eigenvalue weighted by atomic mass is 32.1. The maximum Gasteiger partial charge on any atom is 0.240 e. The first-order chi connectivity index (χ1) is 8.76. The molecular weight excluding hydrogens is 246 g/mol. The number of nitrogen functional groups attached to an aromatic ring is 1. The van der Waals surface area contributed by atoms with Crippen LogP contribution in [0.5, 0.6) is 0 Å². The van der Waals surface area contributed by atoms with Crippen molar-refractivity contribution in [1.82, 2.24) is 9.97 Å². The van der Waals surface area contributed by atoms with Gasteiger partial charge in [0.2, 0.25) is 5.95 Å². The average molecular weight is 263 g/mol. The molecule has 0 unspecified atom stereocenters.